The summed E-state index contributed by atoms with van der Waals surface area (Å²) >= 11 is 0. The van der Waals surface area contributed by atoms with Crippen molar-refractivity contribution in [3.8, 4) is 11.4 Å². The number of nitrogens with one attached hydrogen (secondary N) is 1. The molecule has 0 bridgehead atoms. The number of alkyl halides is 3. The summed E-state index contributed by atoms with van der Waals surface area (Å²) in [5.74, 6) is 0.790. The van der Waals surface area contributed by atoms with Gasteiger partial charge >= 0.3 is 6.18 Å². The van der Waals surface area contributed by atoms with E-state index in [4.69, 9.17) is 5.73 Å². The summed E-state index contributed by atoms with van der Waals surface area (Å²) in [6, 6.07) is 12.4. The van der Waals surface area contributed by atoms with E-state index in [1.54, 1.807) is 30.3 Å². The molecule has 0 saturated carbocycles. The Hall–Kier alpha value is -2.83. The molecule has 0 atom stereocenters. The van der Waals surface area contributed by atoms with E-state index in [1.165, 1.54) is 12.1 Å². The van der Waals surface area contributed by atoms with Gasteiger partial charge in [0.05, 0.1) is 5.56 Å². The molecule has 0 amide bonds. The molecule has 2 aromatic carbocycles. The lowest BCUT2D eigenvalue weighted by Gasteiger charge is -2.11. The molecule has 23 heavy (non-hydrogen) atoms. The van der Waals surface area contributed by atoms with Crippen LogP contribution in [0, 0.1) is 0 Å². The van der Waals surface area contributed by atoms with E-state index in [-0.39, 0.29) is 12.0 Å². The Morgan fingerprint density at radius 1 is 1.00 bits per heavy atom. The fourth-order valence-electron chi connectivity index (χ4n) is 2.27. The fraction of sp³-hybridized carbons (Fsp3) is 0.125. The van der Waals surface area contributed by atoms with Gasteiger partial charge in [-0.1, -0.05) is 18.2 Å². The molecule has 0 saturated heterocycles. The molecule has 0 aliphatic carbocycles. The van der Waals surface area contributed by atoms with E-state index in [2.05, 4.69) is 15.2 Å². The van der Waals surface area contributed by atoms with Crippen molar-refractivity contribution in [3.05, 3.63) is 65.5 Å². The number of rotatable bonds is 3. The average Bonchev–Trinajstić information content (AvgIpc) is 2.96. The van der Waals surface area contributed by atoms with E-state index in [0.717, 1.165) is 11.6 Å². The zero-order chi connectivity index (χ0) is 16.4. The SMILES string of the molecule is Nc1ccc(-c2n[nH]c(Cc3ccccc3C(F)(F)F)n2)cc1. The summed E-state index contributed by atoms with van der Waals surface area (Å²) in [4.78, 5) is 4.25. The van der Waals surface area contributed by atoms with Gasteiger partial charge in [-0.2, -0.15) is 18.3 Å². The summed E-state index contributed by atoms with van der Waals surface area (Å²) in [7, 11) is 0. The Bertz CT molecular complexity index is 807. The second kappa shape index (κ2) is 5.75. The molecule has 0 radical (unpaired) electrons. The molecule has 0 aliphatic heterocycles. The number of anilines is 1. The van der Waals surface area contributed by atoms with Crippen LogP contribution in [0.15, 0.2) is 48.5 Å². The van der Waals surface area contributed by atoms with Gasteiger partial charge in [0.2, 0.25) is 0 Å². The maximum absolute atomic E-state index is 13.0. The molecule has 1 heterocycles. The van der Waals surface area contributed by atoms with Gasteiger partial charge in [-0.25, -0.2) is 4.98 Å². The molecule has 3 rings (SSSR count). The van der Waals surface area contributed by atoms with E-state index in [1.807, 2.05) is 0 Å². The lowest BCUT2D eigenvalue weighted by Crippen LogP contribution is -2.09. The lowest BCUT2D eigenvalue weighted by atomic mass is 10.0. The molecule has 3 aromatic rings. The van der Waals surface area contributed by atoms with Gasteiger partial charge in [-0.15, -0.1) is 0 Å². The predicted octanol–water partition coefficient (Wildman–Crippen LogP) is 3.66. The minimum atomic E-state index is -4.39. The molecule has 4 nitrogen and oxygen atoms in total. The van der Waals surface area contributed by atoms with Crippen molar-refractivity contribution >= 4 is 5.69 Å². The number of halogens is 3. The fourth-order valence-corrected chi connectivity index (χ4v) is 2.27. The summed E-state index contributed by atoms with van der Waals surface area (Å²) < 4.78 is 39.0. The van der Waals surface area contributed by atoms with E-state index < -0.39 is 11.7 Å². The van der Waals surface area contributed by atoms with Crippen molar-refractivity contribution in [1.29, 1.82) is 0 Å². The van der Waals surface area contributed by atoms with Crippen LogP contribution in [0.25, 0.3) is 11.4 Å². The van der Waals surface area contributed by atoms with Gasteiger partial charge in [0.15, 0.2) is 5.82 Å². The number of nitrogens with zero attached hydrogens (tertiary/aromatic N) is 2. The van der Waals surface area contributed by atoms with Crippen molar-refractivity contribution in [1.82, 2.24) is 15.2 Å². The Labute approximate surface area is 130 Å². The Balaban J connectivity index is 1.87. The first-order chi connectivity index (χ1) is 10.9. The van der Waals surface area contributed by atoms with Crippen molar-refractivity contribution in [2.75, 3.05) is 5.73 Å². The number of benzene rings is 2. The Morgan fingerprint density at radius 2 is 1.70 bits per heavy atom. The predicted molar refractivity (Wildman–Crippen MR) is 80.5 cm³/mol. The summed E-state index contributed by atoms with van der Waals surface area (Å²) in [5.41, 5.74) is 6.46. The molecule has 3 N–H and O–H groups in total. The molecule has 0 fully saturated rings. The highest BCUT2D eigenvalue weighted by atomic mass is 19.4. The molecule has 1 aromatic heterocycles. The highest BCUT2D eigenvalue weighted by Gasteiger charge is 2.33. The van der Waals surface area contributed by atoms with Crippen molar-refractivity contribution < 1.29 is 13.2 Å². The number of aromatic nitrogens is 3. The highest BCUT2D eigenvalue weighted by molar-refractivity contribution is 5.58. The van der Waals surface area contributed by atoms with Crippen LogP contribution >= 0.6 is 0 Å². The number of H-pyrrole nitrogens is 1. The molecule has 0 aliphatic rings. The minimum Gasteiger partial charge on any atom is -0.399 e. The van der Waals surface area contributed by atoms with E-state index >= 15 is 0 Å². The smallest absolute Gasteiger partial charge is 0.399 e. The summed E-state index contributed by atoms with van der Waals surface area (Å²) in [6.45, 7) is 0. The van der Waals surface area contributed by atoms with Gasteiger partial charge in [-0.05, 0) is 35.9 Å². The van der Waals surface area contributed by atoms with Crippen LogP contribution in [-0.4, -0.2) is 15.2 Å². The second-order valence-electron chi connectivity index (χ2n) is 5.06. The maximum atomic E-state index is 13.0. The zero-order valence-corrected chi connectivity index (χ0v) is 11.9. The second-order valence-corrected chi connectivity index (χ2v) is 5.06. The van der Waals surface area contributed by atoms with Gasteiger partial charge < -0.3 is 5.73 Å². The number of hydrogen-bond donors (Lipinski definition) is 2. The molecule has 0 spiro atoms. The normalized spacial score (nSPS) is 11.6. The Kier molecular flexibility index (Phi) is 3.77. The number of nitrogen functional groups attached to an aromatic ring is 1. The van der Waals surface area contributed by atoms with Crippen LogP contribution in [0.2, 0.25) is 0 Å². The first-order valence-electron chi connectivity index (χ1n) is 6.86. The summed E-state index contributed by atoms with van der Waals surface area (Å²) in [6.07, 6.45) is -4.37. The van der Waals surface area contributed by atoms with E-state index in [0.29, 0.717) is 17.3 Å². The monoisotopic (exact) mass is 318 g/mol. The number of aromatic amines is 1. The van der Waals surface area contributed by atoms with Gasteiger partial charge in [0.25, 0.3) is 0 Å². The molecular formula is C16H13F3N4. The molecule has 7 heteroatoms. The standard InChI is InChI=1S/C16H13F3N4/c17-16(18,19)13-4-2-1-3-11(13)9-14-21-15(23-22-14)10-5-7-12(20)8-6-10/h1-8H,9,20H2,(H,21,22,23). The first-order valence-corrected chi connectivity index (χ1v) is 6.86. The van der Waals surface area contributed by atoms with Crippen LogP contribution in [-0.2, 0) is 12.6 Å². The highest BCUT2D eigenvalue weighted by Crippen LogP contribution is 2.32. The summed E-state index contributed by atoms with van der Waals surface area (Å²) in [5, 5.41) is 6.73. The lowest BCUT2D eigenvalue weighted by molar-refractivity contribution is -0.138. The molecule has 0 unspecified atom stereocenters. The topological polar surface area (TPSA) is 67.6 Å². The minimum absolute atomic E-state index is 0.0255. The van der Waals surface area contributed by atoms with Gasteiger partial charge in [0.1, 0.15) is 5.82 Å². The van der Waals surface area contributed by atoms with Crippen molar-refractivity contribution in [3.63, 3.8) is 0 Å². The van der Waals surface area contributed by atoms with Crippen LogP contribution in [0.4, 0.5) is 18.9 Å². The molecule has 118 valence electrons. The zero-order valence-electron chi connectivity index (χ0n) is 11.9. The number of hydrogen-bond acceptors (Lipinski definition) is 3. The largest absolute Gasteiger partial charge is 0.416 e. The third kappa shape index (κ3) is 3.33. The Morgan fingerprint density at radius 3 is 2.39 bits per heavy atom. The van der Waals surface area contributed by atoms with Gasteiger partial charge in [-0.3, -0.25) is 5.10 Å². The quantitative estimate of drug-likeness (QED) is 0.724. The first kappa shape index (κ1) is 15.1. The van der Waals surface area contributed by atoms with Crippen LogP contribution in [0.5, 0.6) is 0 Å². The van der Waals surface area contributed by atoms with Crippen LogP contribution in [0.3, 0.4) is 0 Å². The number of nitrogens with two attached hydrogens (primary N) is 1. The van der Waals surface area contributed by atoms with Gasteiger partial charge in [0, 0.05) is 17.7 Å². The van der Waals surface area contributed by atoms with E-state index in [9.17, 15) is 13.2 Å². The van der Waals surface area contributed by atoms with Crippen molar-refractivity contribution in [2.24, 2.45) is 0 Å². The molecular weight excluding hydrogens is 305 g/mol. The van der Waals surface area contributed by atoms with Crippen LogP contribution < -0.4 is 5.73 Å². The van der Waals surface area contributed by atoms with Crippen molar-refractivity contribution in [2.45, 2.75) is 12.6 Å². The van der Waals surface area contributed by atoms with Crippen LogP contribution in [0.1, 0.15) is 17.0 Å². The maximum Gasteiger partial charge on any atom is 0.416 e. The third-order valence-corrected chi connectivity index (χ3v) is 3.38. The average molecular weight is 318 g/mol. The third-order valence-electron chi connectivity index (χ3n) is 3.38.